The number of benzene rings is 8. The fourth-order valence-corrected chi connectivity index (χ4v) is 7.63. The molecule has 0 aliphatic heterocycles. The number of aromatic nitrogens is 1. The Morgan fingerprint density at radius 2 is 1.22 bits per heavy atom. The minimum absolute atomic E-state index is 0.702. The molecule has 0 spiro atoms. The average molecular weight is 627 g/mol. The van der Waals surface area contributed by atoms with Crippen LogP contribution in [0.25, 0.3) is 93.6 Å². The monoisotopic (exact) mass is 626 g/mol. The zero-order valence-corrected chi connectivity index (χ0v) is 26.7. The van der Waals surface area contributed by atoms with Gasteiger partial charge in [-0.25, -0.2) is 4.98 Å². The van der Waals surface area contributed by atoms with Gasteiger partial charge >= 0.3 is 0 Å². The maximum absolute atomic E-state index is 6.79. The molecule has 8 aromatic carbocycles. The number of pyridine rings is 1. The molecule has 0 saturated heterocycles. The van der Waals surface area contributed by atoms with Crippen molar-refractivity contribution in [2.24, 2.45) is 0 Å². The second-order valence-corrected chi connectivity index (χ2v) is 12.9. The summed E-state index contributed by atoms with van der Waals surface area (Å²) in [5.74, 6) is 0. The van der Waals surface area contributed by atoms with Crippen LogP contribution in [0.5, 0.6) is 0 Å². The Morgan fingerprint density at radius 1 is 0.551 bits per heavy atom. The molecular weight excluding hydrogens is 597 g/mol. The number of rotatable bonds is 5. The van der Waals surface area contributed by atoms with E-state index in [1.165, 1.54) is 49.0 Å². The van der Waals surface area contributed by atoms with Gasteiger partial charge in [0.25, 0.3) is 0 Å². The zero-order valence-electron chi connectivity index (χ0n) is 26.7. The van der Waals surface area contributed by atoms with E-state index in [-0.39, 0.29) is 0 Å². The van der Waals surface area contributed by atoms with Crippen molar-refractivity contribution in [1.82, 2.24) is 4.98 Å². The second kappa shape index (κ2) is 10.8. The van der Waals surface area contributed by atoms with Crippen LogP contribution in [0, 0.1) is 0 Å². The topological polar surface area (TPSA) is 52.0 Å². The Hall–Kier alpha value is -6.45. The zero-order chi connectivity index (χ0) is 32.5. The van der Waals surface area contributed by atoms with Gasteiger partial charge in [0.15, 0.2) is 0 Å². The first-order valence-electron chi connectivity index (χ1n) is 16.7. The largest absolute Gasteiger partial charge is 0.456 e. The molecule has 3 heteroatoms. The van der Waals surface area contributed by atoms with Crippen LogP contribution in [0.15, 0.2) is 156 Å². The highest BCUT2D eigenvalue weighted by molar-refractivity contribution is 6.27. The third kappa shape index (κ3) is 4.40. The molecule has 2 N–H and O–H groups in total. The van der Waals surface area contributed by atoms with Crippen molar-refractivity contribution in [2.45, 2.75) is 6.42 Å². The van der Waals surface area contributed by atoms with Gasteiger partial charge in [-0.1, -0.05) is 133 Å². The Balaban J connectivity index is 1.11. The molecule has 0 aliphatic rings. The molecule has 49 heavy (non-hydrogen) atoms. The van der Waals surface area contributed by atoms with Gasteiger partial charge in [-0.15, -0.1) is 0 Å². The Bertz CT molecular complexity index is 2920. The lowest BCUT2D eigenvalue weighted by atomic mass is 9.87. The maximum Gasteiger partial charge on any atom is 0.135 e. The lowest BCUT2D eigenvalue weighted by Gasteiger charge is -2.16. The summed E-state index contributed by atoms with van der Waals surface area (Å²) in [5.41, 5.74) is 16.8. The van der Waals surface area contributed by atoms with E-state index in [9.17, 15) is 0 Å². The van der Waals surface area contributed by atoms with E-state index in [0.29, 0.717) is 5.69 Å². The summed E-state index contributed by atoms with van der Waals surface area (Å²) < 4.78 is 6.14. The summed E-state index contributed by atoms with van der Waals surface area (Å²) in [7, 11) is 0. The molecule has 2 aromatic heterocycles. The molecule has 10 aromatic rings. The third-order valence-electron chi connectivity index (χ3n) is 10.1. The molecule has 2 heterocycles. The number of fused-ring (bicyclic) bond motifs is 4. The summed E-state index contributed by atoms with van der Waals surface area (Å²) >= 11 is 0. The third-order valence-corrected chi connectivity index (χ3v) is 10.1. The Kier molecular flexibility index (Phi) is 6.09. The molecule has 0 saturated carbocycles. The number of hydrogen-bond donors (Lipinski definition) is 1. The average Bonchev–Trinajstić information content (AvgIpc) is 3.53. The molecule has 0 fully saturated rings. The van der Waals surface area contributed by atoms with E-state index >= 15 is 0 Å². The molecule has 0 amide bonds. The van der Waals surface area contributed by atoms with Crippen LogP contribution in [0.4, 0.5) is 5.69 Å². The van der Waals surface area contributed by atoms with E-state index < -0.39 is 0 Å². The van der Waals surface area contributed by atoms with Crippen molar-refractivity contribution in [2.75, 3.05) is 5.73 Å². The SMILES string of the molecule is Nc1c(/C=C\Cc2ccccc2)ccc2ccc(-c3ccc4ccc5c(-c6ccc7oc8ccccc8c7c6)ccc6ccc3c4c65)nc12. The van der Waals surface area contributed by atoms with Gasteiger partial charge in [0.05, 0.1) is 16.9 Å². The van der Waals surface area contributed by atoms with Crippen LogP contribution >= 0.6 is 0 Å². The number of furan rings is 1. The van der Waals surface area contributed by atoms with Crippen LogP contribution in [0.3, 0.4) is 0 Å². The molecule has 0 atom stereocenters. The van der Waals surface area contributed by atoms with Crippen LogP contribution in [0.1, 0.15) is 11.1 Å². The van der Waals surface area contributed by atoms with Gasteiger partial charge in [0.2, 0.25) is 0 Å². The summed E-state index contributed by atoms with van der Waals surface area (Å²) in [4.78, 5) is 5.20. The predicted molar refractivity (Wildman–Crippen MR) is 207 cm³/mol. The fourth-order valence-electron chi connectivity index (χ4n) is 7.63. The van der Waals surface area contributed by atoms with Crippen molar-refractivity contribution in [3.8, 4) is 22.4 Å². The summed E-state index contributed by atoms with van der Waals surface area (Å²) in [6.45, 7) is 0. The fraction of sp³-hybridized carbons (Fsp3) is 0.0217. The number of hydrogen-bond acceptors (Lipinski definition) is 3. The smallest absolute Gasteiger partial charge is 0.135 e. The van der Waals surface area contributed by atoms with Crippen LogP contribution in [-0.2, 0) is 6.42 Å². The van der Waals surface area contributed by atoms with Crippen molar-refractivity contribution in [3.63, 3.8) is 0 Å². The van der Waals surface area contributed by atoms with E-state index in [1.807, 2.05) is 18.2 Å². The van der Waals surface area contributed by atoms with Gasteiger partial charge < -0.3 is 10.2 Å². The lowest BCUT2D eigenvalue weighted by Crippen LogP contribution is -1.96. The first-order valence-corrected chi connectivity index (χ1v) is 16.7. The highest BCUT2D eigenvalue weighted by Gasteiger charge is 2.17. The number of nitrogen functional groups attached to an aromatic ring is 1. The summed E-state index contributed by atoms with van der Waals surface area (Å²) in [5, 5.41) is 10.7. The van der Waals surface area contributed by atoms with E-state index in [1.54, 1.807) is 0 Å². The van der Waals surface area contributed by atoms with Crippen molar-refractivity contribution < 1.29 is 4.42 Å². The standard InChI is InChI=1S/C46H30N2O/c47-45-31(10-6-9-28-7-2-1-3-8-28)13-14-32-19-25-40(48-46(32)45)35-22-16-30-17-23-37-34(21-15-29-18-24-38(35)44(30)43(29)37)33-20-26-42-39(27-33)36-11-4-5-12-41(36)49-42/h1-8,10-27H,9,47H2/b10-6-. The Morgan fingerprint density at radius 3 is 2.06 bits per heavy atom. The quantitative estimate of drug-likeness (QED) is 0.153. The molecule has 3 nitrogen and oxygen atoms in total. The van der Waals surface area contributed by atoms with E-state index in [0.717, 1.165) is 56.1 Å². The van der Waals surface area contributed by atoms with E-state index in [4.69, 9.17) is 15.1 Å². The predicted octanol–water partition coefficient (Wildman–Crippen LogP) is 12.2. The van der Waals surface area contributed by atoms with Crippen molar-refractivity contribution in [1.29, 1.82) is 0 Å². The lowest BCUT2D eigenvalue weighted by molar-refractivity contribution is 0.669. The number of nitrogens with two attached hydrogens (primary N) is 1. The molecule has 230 valence electrons. The van der Waals surface area contributed by atoms with E-state index in [2.05, 4.69) is 140 Å². The normalized spacial score (nSPS) is 12.2. The van der Waals surface area contributed by atoms with Gasteiger partial charge in [-0.2, -0.15) is 0 Å². The molecule has 0 radical (unpaired) electrons. The number of para-hydroxylation sites is 1. The Labute approximate surface area is 282 Å². The molecule has 10 rings (SSSR count). The molecular formula is C46H30N2O. The minimum atomic E-state index is 0.702. The first kappa shape index (κ1) is 27.6. The summed E-state index contributed by atoms with van der Waals surface area (Å²) in [6, 6.07) is 51.7. The highest BCUT2D eigenvalue weighted by Crippen LogP contribution is 2.43. The number of anilines is 1. The number of nitrogens with zero attached hydrogens (tertiary/aromatic N) is 1. The van der Waals surface area contributed by atoms with Crippen LogP contribution in [-0.4, -0.2) is 4.98 Å². The van der Waals surface area contributed by atoms with Gasteiger partial charge in [0.1, 0.15) is 11.2 Å². The van der Waals surface area contributed by atoms with Gasteiger partial charge in [0, 0.05) is 21.7 Å². The maximum atomic E-state index is 6.79. The molecule has 0 unspecified atom stereocenters. The van der Waals surface area contributed by atoms with Gasteiger partial charge in [-0.05, 0) is 85.3 Å². The van der Waals surface area contributed by atoms with Crippen LogP contribution < -0.4 is 5.73 Å². The second-order valence-electron chi connectivity index (χ2n) is 12.9. The minimum Gasteiger partial charge on any atom is -0.456 e. The molecule has 0 bridgehead atoms. The van der Waals surface area contributed by atoms with Crippen LogP contribution in [0.2, 0.25) is 0 Å². The molecule has 0 aliphatic carbocycles. The van der Waals surface area contributed by atoms with Gasteiger partial charge in [-0.3, -0.25) is 0 Å². The first-order chi connectivity index (χ1) is 24.2. The van der Waals surface area contributed by atoms with Crippen molar-refractivity contribution in [3.05, 3.63) is 163 Å². The van der Waals surface area contributed by atoms with Crippen molar-refractivity contribution >= 4 is 76.9 Å². The highest BCUT2D eigenvalue weighted by atomic mass is 16.3. The number of allylic oxidation sites excluding steroid dienone is 1. The summed E-state index contributed by atoms with van der Waals surface area (Å²) in [6.07, 6.45) is 5.13.